The van der Waals surface area contributed by atoms with Crippen molar-refractivity contribution in [3.05, 3.63) is 23.3 Å². The Kier molecular flexibility index (Phi) is 3.53. The van der Waals surface area contributed by atoms with E-state index in [9.17, 15) is 5.11 Å². The van der Waals surface area contributed by atoms with Gasteiger partial charge in [-0.25, -0.2) is 0 Å². The second-order valence-electron chi connectivity index (χ2n) is 3.49. The zero-order valence-electron chi connectivity index (χ0n) is 8.82. The van der Waals surface area contributed by atoms with E-state index in [0.29, 0.717) is 12.2 Å². The van der Waals surface area contributed by atoms with Crippen molar-refractivity contribution in [1.29, 1.82) is 5.26 Å². The SMILES string of the molecule is COc1cc(CC(C)N)cc(C#N)c1O. The van der Waals surface area contributed by atoms with Gasteiger partial charge in [-0.15, -0.1) is 0 Å². The van der Waals surface area contributed by atoms with E-state index in [1.807, 2.05) is 13.0 Å². The standard InChI is InChI=1S/C11H14N2O2/c1-7(13)3-8-4-9(6-12)11(14)10(5-8)15-2/h4-5,7,14H,3,13H2,1-2H3. The van der Waals surface area contributed by atoms with Gasteiger partial charge in [-0.2, -0.15) is 5.26 Å². The normalized spacial score (nSPS) is 11.9. The number of aromatic hydroxyl groups is 1. The summed E-state index contributed by atoms with van der Waals surface area (Å²) in [5.41, 5.74) is 6.76. The molecule has 0 amide bonds. The summed E-state index contributed by atoms with van der Waals surface area (Å²) in [5.74, 6) is 0.193. The van der Waals surface area contributed by atoms with Crippen LogP contribution in [0.5, 0.6) is 11.5 Å². The van der Waals surface area contributed by atoms with Crippen LogP contribution in [0.15, 0.2) is 12.1 Å². The molecule has 80 valence electrons. The maximum atomic E-state index is 9.57. The van der Waals surface area contributed by atoms with Crippen molar-refractivity contribution in [1.82, 2.24) is 0 Å². The largest absolute Gasteiger partial charge is 0.503 e. The highest BCUT2D eigenvalue weighted by atomic mass is 16.5. The smallest absolute Gasteiger partial charge is 0.175 e. The molecule has 1 rings (SSSR count). The summed E-state index contributed by atoms with van der Waals surface area (Å²) < 4.78 is 4.97. The molecule has 0 radical (unpaired) electrons. The summed E-state index contributed by atoms with van der Waals surface area (Å²) in [6, 6.07) is 5.24. The highest BCUT2D eigenvalue weighted by Gasteiger charge is 2.10. The Bertz CT molecular complexity index is 394. The quantitative estimate of drug-likeness (QED) is 0.777. The molecule has 0 fully saturated rings. The molecule has 0 heterocycles. The van der Waals surface area contributed by atoms with Crippen molar-refractivity contribution in [2.24, 2.45) is 5.73 Å². The molecule has 0 saturated carbocycles. The molecule has 0 bridgehead atoms. The minimum atomic E-state index is -0.117. The number of nitrogens with two attached hydrogens (primary N) is 1. The molecule has 0 aliphatic rings. The second kappa shape index (κ2) is 4.67. The zero-order valence-corrected chi connectivity index (χ0v) is 8.82. The van der Waals surface area contributed by atoms with Crippen LogP contribution in [0, 0.1) is 11.3 Å². The monoisotopic (exact) mass is 206 g/mol. The summed E-state index contributed by atoms with van der Waals surface area (Å²) in [6.07, 6.45) is 0.644. The molecule has 1 atom stereocenters. The summed E-state index contributed by atoms with van der Waals surface area (Å²) in [5, 5.41) is 18.4. The van der Waals surface area contributed by atoms with Gasteiger partial charge < -0.3 is 15.6 Å². The van der Waals surface area contributed by atoms with Gasteiger partial charge in [-0.05, 0) is 31.0 Å². The average Bonchev–Trinajstić information content (AvgIpc) is 2.19. The first-order valence-electron chi connectivity index (χ1n) is 4.64. The number of phenols is 1. The number of benzene rings is 1. The minimum Gasteiger partial charge on any atom is -0.503 e. The predicted octanol–water partition coefficient (Wildman–Crippen LogP) is 1.16. The fourth-order valence-corrected chi connectivity index (χ4v) is 1.40. The van der Waals surface area contributed by atoms with E-state index in [0.717, 1.165) is 5.56 Å². The number of nitriles is 1. The Labute approximate surface area is 88.9 Å². The molecule has 0 spiro atoms. The van der Waals surface area contributed by atoms with Crippen LogP contribution in [0.4, 0.5) is 0 Å². The zero-order chi connectivity index (χ0) is 11.4. The molecule has 15 heavy (non-hydrogen) atoms. The molecular formula is C11H14N2O2. The molecule has 0 saturated heterocycles. The maximum absolute atomic E-state index is 9.57. The lowest BCUT2D eigenvalue weighted by atomic mass is 10.0. The van der Waals surface area contributed by atoms with E-state index in [-0.39, 0.29) is 17.4 Å². The van der Waals surface area contributed by atoms with Gasteiger partial charge in [-0.1, -0.05) is 0 Å². The molecule has 0 aliphatic heterocycles. The highest BCUT2D eigenvalue weighted by molar-refractivity contribution is 5.53. The lowest BCUT2D eigenvalue weighted by molar-refractivity contribution is 0.372. The Morgan fingerprint density at radius 3 is 2.73 bits per heavy atom. The van der Waals surface area contributed by atoms with Crippen molar-refractivity contribution in [2.45, 2.75) is 19.4 Å². The Hall–Kier alpha value is -1.73. The molecule has 3 N–H and O–H groups in total. The first kappa shape index (κ1) is 11.3. The average molecular weight is 206 g/mol. The third-order valence-electron chi connectivity index (χ3n) is 2.03. The summed E-state index contributed by atoms with van der Waals surface area (Å²) in [7, 11) is 1.45. The van der Waals surface area contributed by atoms with E-state index in [4.69, 9.17) is 15.7 Å². The fraction of sp³-hybridized carbons (Fsp3) is 0.364. The highest BCUT2D eigenvalue weighted by Crippen LogP contribution is 2.31. The summed E-state index contributed by atoms with van der Waals surface area (Å²) >= 11 is 0. The van der Waals surface area contributed by atoms with E-state index < -0.39 is 0 Å². The van der Waals surface area contributed by atoms with Crippen LogP contribution in [0.1, 0.15) is 18.1 Å². The van der Waals surface area contributed by atoms with Gasteiger partial charge in [0.2, 0.25) is 0 Å². The minimum absolute atomic E-state index is 0.00536. The van der Waals surface area contributed by atoms with Gasteiger partial charge in [-0.3, -0.25) is 0 Å². The Balaban J connectivity index is 3.16. The fourth-order valence-electron chi connectivity index (χ4n) is 1.40. The van der Waals surface area contributed by atoms with Crippen LogP contribution in [0.3, 0.4) is 0 Å². The number of hydrogen-bond donors (Lipinski definition) is 2. The topological polar surface area (TPSA) is 79.3 Å². The van der Waals surface area contributed by atoms with Crippen molar-refractivity contribution in [2.75, 3.05) is 7.11 Å². The van der Waals surface area contributed by atoms with Gasteiger partial charge >= 0.3 is 0 Å². The van der Waals surface area contributed by atoms with Gasteiger partial charge in [0.05, 0.1) is 12.7 Å². The van der Waals surface area contributed by atoms with Crippen molar-refractivity contribution in [3.8, 4) is 17.6 Å². The number of nitrogens with zero attached hydrogens (tertiary/aromatic N) is 1. The lowest BCUT2D eigenvalue weighted by Gasteiger charge is -2.10. The lowest BCUT2D eigenvalue weighted by Crippen LogP contribution is -2.17. The Morgan fingerprint density at radius 2 is 2.27 bits per heavy atom. The number of phenolic OH excluding ortho intramolecular Hbond substituents is 1. The molecule has 4 nitrogen and oxygen atoms in total. The third kappa shape index (κ3) is 2.61. The van der Waals surface area contributed by atoms with Crippen LogP contribution >= 0.6 is 0 Å². The van der Waals surface area contributed by atoms with Crippen molar-refractivity contribution in [3.63, 3.8) is 0 Å². The molecule has 1 unspecified atom stereocenters. The molecule has 0 aliphatic carbocycles. The molecule has 1 aromatic rings. The molecule has 0 aromatic heterocycles. The molecular weight excluding hydrogens is 192 g/mol. The van der Waals surface area contributed by atoms with Crippen molar-refractivity contribution >= 4 is 0 Å². The second-order valence-corrected chi connectivity index (χ2v) is 3.49. The van der Waals surface area contributed by atoms with E-state index in [1.165, 1.54) is 7.11 Å². The first-order valence-corrected chi connectivity index (χ1v) is 4.64. The van der Waals surface area contributed by atoms with Crippen LogP contribution in [-0.4, -0.2) is 18.3 Å². The molecule has 1 aromatic carbocycles. The van der Waals surface area contributed by atoms with Crippen molar-refractivity contribution < 1.29 is 9.84 Å². The number of ether oxygens (including phenoxy) is 1. The number of hydrogen-bond acceptors (Lipinski definition) is 4. The van der Waals surface area contributed by atoms with E-state index in [2.05, 4.69) is 0 Å². The van der Waals surface area contributed by atoms with Crippen LogP contribution in [-0.2, 0) is 6.42 Å². The van der Waals surface area contributed by atoms with Crippen LogP contribution in [0.2, 0.25) is 0 Å². The summed E-state index contributed by atoms with van der Waals surface area (Å²) in [4.78, 5) is 0. The van der Waals surface area contributed by atoms with Gasteiger partial charge in [0, 0.05) is 6.04 Å². The van der Waals surface area contributed by atoms with E-state index >= 15 is 0 Å². The third-order valence-corrected chi connectivity index (χ3v) is 2.03. The number of rotatable bonds is 3. The molecule has 4 heteroatoms. The van der Waals surface area contributed by atoms with Gasteiger partial charge in [0.1, 0.15) is 6.07 Å². The van der Waals surface area contributed by atoms with E-state index in [1.54, 1.807) is 12.1 Å². The van der Waals surface area contributed by atoms with Gasteiger partial charge in [0.15, 0.2) is 11.5 Å². The predicted molar refractivity (Wildman–Crippen MR) is 56.7 cm³/mol. The van der Waals surface area contributed by atoms with Crippen LogP contribution in [0.25, 0.3) is 0 Å². The van der Waals surface area contributed by atoms with Gasteiger partial charge in [0.25, 0.3) is 0 Å². The summed E-state index contributed by atoms with van der Waals surface area (Å²) in [6.45, 7) is 1.88. The number of methoxy groups -OCH3 is 1. The van der Waals surface area contributed by atoms with Crippen LogP contribution < -0.4 is 10.5 Å². The Morgan fingerprint density at radius 1 is 1.60 bits per heavy atom. The maximum Gasteiger partial charge on any atom is 0.175 e. The first-order chi connectivity index (χ1) is 7.08.